The van der Waals surface area contributed by atoms with Gasteiger partial charge in [-0.2, -0.15) is 18.4 Å². The van der Waals surface area contributed by atoms with E-state index in [1.54, 1.807) is 12.1 Å². The highest BCUT2D eigenvalue weighted by Gasteiger charge is 2.37. The monoisotopic (exact) mass is 176 g/mol. The van der Waals surface area contributed by atoms with Crippen molar-refractivity contribution >= 4 is 0 Å². The summed E-state index contributed by atoms with van der Waals surface area (Å²) in [7, 11) is 0. The van der Waals surface area contributed by atoms with Gasteiger partial charge in [-0.25, -0.2) is 4.90 Å². The van der Waals surface area contributed by atoms with Crippen LogP contribution in [0.1, 0.15) is 6.42 Å². The van der Waals surface area contributed by atoms with Gasteiger partial charge in [0.2, 0.25) is 0 Å². The number of halogens is 3. The molecule has 0 saturated carbocycles. The Labute approximate surface area is 67.9 Å². The highest BCUT2D eigenvalue weighted by Crippen LogP contribution is 2.24. The van der Waals surface area contributed by atoms with Crippen LogP contribution in [0.5, 0.6) is 0 Å². The van der Waals surface area contributed by atoms with Crippen molar-refractivity contribution in [1.82, 2.24) is 4.90 Å². The molecule has 0 saturated heterocycles. The molecular formula is C7H7F3N2. The number of nitriles is 1. The van der Waals surface area contributed by atoms with Crippen LogP contribution in [0.25, 0.3) is 0 Å². The van der Waals surface area contributed by atoms with Gasteiger partial charge in [-0.15, -0.1) is 0 Å². The molecule has 0 spiro atoms. The summed E-state index contributed by atoms with van der Waals surface area (Å²) in [5.74, 6) is 0. The first kappa shape index (κ1) is 9.07. The van der Waals surface area contributed by atoms with Crippen LogP contribution in [-0.4, -0.2) is 24.3 Å². The molecule has 0 aromatic rings. The van der Waals surface area contributed by atoms with E-state index in [9.17, 15) is 13.2 Å². The van der Waals surface area contributed by atoms with Crippen LogP contribution in [0.3, 0.4) is 0 Å². The molecule has 1 rings (SSSR count). The Morgan fingerprint density at radius 2 is 2.17 bits per heavy atom. The van der Waals surface area contributed by atoms with Crippen LogP contribution in [0.4, 0.5) is 13.2 Å². The zero-order chi connectivity index (χ0) is 9.19. The molecule has 0 aromatic carbocycles. The van der Waals surface area contributed by atoms with Gasteiger partial charge in [-0.3, -0.25) is 0 Å². The van der Waals surface area contributed by atoms with E-state index >= 15 is 0 Å². The quantitative estimate of drug-likeness (QED) is 0.525. The average Bonchev–Trinajstić information content (AvgIpc) is 2.03. The number of nitrogens with zero attached hydrogens (tertiary/aromatic N) is 2. The molecule has 0 unspecified atom stereocenters. The lowest BCUT2D eigenvalue weighted by Crippen LogP contribution is -2.41. The van der Waals surface area contributed by atoms with Crippen LogP contribution in [0.15, 0.2) is 11.6 Å². The van der Waals surface area contributed by atoms with Crippen LogP contribution in [0.2, 0.25) is 0 Å². The van der Waals surface area contributed by atoms with Crippen LogP contribution < -0.4 is 0 Å². The second-order valence-corrected chi connectivity index (χ2v) is 2.52. The Morgan fingerprint density at radius 3 is 2.67 bits per heavy atom. The van der Waals surface area contributed by atoms with Gasteiger partial charge in [0.15, 0.2) is 0 Å². The van der Waals surface area contributed by atoms with Gasteiger partial charge in [-0.1, -0.05) is 6.08 Å². The first-order valence-corrected chi connectivity index (χ1v) is 3.45. The second kappa shape index (κ2) is 3.15. The summed E-state index contributed by atoms with van der Waals surface area (Å²) in [5, 5.41) is 8.36. The number of hydrogen-bond acceptors (Lipinski definition) is 2. The maximum absolute atomic E-state index is 12.0. The van der Waals surface area contributed by atoms with E-state index in [1.807, 2.05) is 0 Å². The Kier molecular flexibility index (Phi) is 2.38. The van der Waals surface area contributed by atoms with Crippen molar-refractivity contribution in [2.24, 2.45) is 0 Å². The molecule has 1 aliphatic heterocycles. The third-order valence-electron chi connectivity index (χ3n) is 1.65. The molecule has 0 fully saturated rings. The first-order chi connectivity index (χ1) is 5.54. The summed E-state index contributed by atoms with van der Waals surface area (Å²) in [6.07, 6.45) is -2.47. The topological polar surface area (TPSA) is 27.0 Å². The minimum absolute atomic E-state index is 0.0469. The van der Waals surface area contributed by atoms with E-state index < -0.39 is 6.30 Å². The van der Waals surface area contributed by atoms with E-state index in [4.69, 9.17) is 5.26 Å². The molecule has 2 nitrogen and oxygen atoms in total. The first-order valence-electron chi connectivity index (χ1n) is 3.45. The third kappa shape index (κ3) is 1.98. The van der Waals surface area contributed by atoms with Gasteiger partial charge in [0.25, 0.3) is 0 Å². The lowest BCUT2D eigenvalue weighted by Gasteiger charge is -2.26. The average molecular weight is 176 g/mol. The SMILES string of the molecule is N#CC1=CCCN(C(F)(F)F)C1. The predicted molar refractivity (Wildman–Crippen MR) is 35.9 cm³/mol. The molecule has 66 valence electrons. The molecule has 0 radical (unpaired) electrons. The maximum Gasteiger partial charge on any atom is 0.460 e. The van der Waals surface area contributed by atoms with Crippen molar-refractivity contribution in [2.45, 2.75) is 12.7 Å². The van der Waals surface area contributed by atoms with Crippen LogP contribution >= 0.6 is 0 Å². The van der Waals surface area contributed by atoms with E-state index in [1.165, 1.54) is 0 Å². The van der Waals surface area contributed by atoms with Crippen molar-refractivity contribution in [3.63, 3.8) is 0 Å². The standard InChI is InChI=1S/C7H7F3N2/c8-7(9,10)12-3-1-2-6(4-11)5-12/h2H,1,3,5H2. The summed E-state index contributed by atoms with van der Waals surface area (Å²) in [5.41, 5.74) is 0.193. The normalized spacial score (nSPS) is 20.0. The van der Waals surface area contributed by atoms with E-state index in [2.05, 4.69) is 0 Å². The molecule has 0 amide bonds. The van der Waals surface area contributed by atoms with Crippen LogP contribution in [0, 0.1) is 11.3 Å². The Morgan fingerprint density at radius 1 is 1.50 bits per heavy atom. The fraction of sp³-hybridized carbons (Fsp3) is 0.571. The molecule has 0 bridgehead atoms. The minimum Gasteiger partial charge on any atom is -0.209 e. The highest BCUT2D eigenvalue weighted by atomic mass is 19.4. The largest absolute Gasteiger partial charge is 0.460 e. The van der Waals surface area contributed by atoms with Crippen molar-refractivity contribution in [1.29, 1.82) is 5.26 Å². The molecule has 0 N–H and O–H groups in total. The summed E-state index contributed by atoms with van der Waals surface area (Å²) in [4.78, 5) is 0.339. The van der Waals surface area contributed by atoms with Crippen molar-refractivity contribution < 1.29 is 13.2 Å². The molecule has 1 heterocycles. The zero-order valence-electron chi connectivity index (χ0n) is 6.23. The van der Waals surface area contributed by atoms with Gasteiger partial charge in [0.05, 0.1) is 6.07 Å². The third-order valence-corrected chi connectivity index (χ3v) is 1.65. The van der Waals surface area contributed by atoms with Gasteiger partial charge in [0.1, 0.15) is 0 Å². The van der Waals surface area contributed by atoms with Crippen molar-refractivity contribution in [2.75, 3.05) is 13.1 Å². The number of rotatable bonds is 0. The summed E-state index contributed by atoms with van der Waals surface area (Å²) in [6, 6.07) is 1.73. The fourth-order valence-electron chi connectivity index (χ4n) is 1.04. The number of alkyl halides is 3. The van der Waals surface area contributed by atoms with Gasteiger partial charge in [0, 0.05) is 18.7 Å². The molecule has 5 heteroatoms. The van der Waals surface area contributed by atoms with E-state index in [0.29, 0.717) is 11.3 Å². The maximum atomic E-state index is 12.0. The Bertz CT molecular complexity index is 236. The van der Waals surface area contributed by atoms with E-state index in [-0.39, 0.29) is 18.7 Å². The minimum atomic E-state index is -4.31. The van der Waals surface area contributed by atoms with Crippen LogP contribution in [-0.2, 0) is 0 Å². The zero-order valence-corrected chi connectivity index (χ0v) is 6.23. The fourth-order valence-corrected chi connectivity index (χ4v) is 1.04. The molecule has 1 aliphatic rings. The van der Waals surface area contributed by atoms with Crippen molar-refractivity contribution in [3.05, 3.63) is 11.6 Å². The summed E-state index contributed by atoms with van der Waals surface area (Å²) >= 11 is 0. The predicted octanol–water partition coefficient (Wildman–Crippen LogP) is 1.66. The second-order valence-electron chi connectivity index (χ2n) is 2.52. The lowest BCUT2D eigenvalue weighted by molar-refractivity contribution is -0.243. The summed E-state index contributed by atoms with van der Waals surface area (Å²) < 4.78 is 36.1. The smallest absolute Gasteiger partial charge is 0.209 e. The van der Waals surface area contributed by atoms with Gasteiger partial charge in [-0.05, 0) is 6.42 Å². The molecule has 0 atom stereocenters. The molecule has 0 aliphatic carbocycles. The lowest BCUT2D eigenvalue weighted by atomic mass is 10.1. The molecule has 12 heavy (non-hydrogen) atoms. The van der Waals surface area contributed by atoms with E-state index in [0.717, 1.165) is 0 Å². The Hall–Kier alpha value is -1.02. The molecule has 0 aromatic heterocycles. The highest BCUT2D eigenvalue weighted by molar-refractivity contribution is 5.24. The van der Waals surface area contributed by atoms with Gasteiger partial charge >= 0.3 is 6.30 Å². The van der Waals surface area contributed by atoms with Crippen molar-refractivity contribution in [3.8, 4) is 6.07 Å². The number of hydrogen-bond donors (Lipinski definition) is 0. The Balaban J connectivity index is 2.65. The molecular weight excluding hydrogens is 169 g/mol. The van der Waals surface area contributed by atoms with Gasteiger partial charge < -0.3 is 0 Å². The summed E-state index contributed by atoms with van der Waals surface area (Å²) in [6.45, 7) is -0.353.